The van der Waals surface area contributed by atoms with Crippen molar-refractivity contribution in [3.05, 3.63) is 40.1 Å². The number of halogens is 2. The van der Waals surface area contributed by atoms with Crippen LogP contribution in [0, 0.1) is 12.3 Å². The molecule has 0 unspecified atom stereocenters. The van der Waals surface area contributed by atoms with Gasteiger partial charge in [-0.1, -0.05) is 29.3 Å². The van der Waals surface area contributed by atoms with Gasteiger partial charge in [-0.15, -0.1) is 6.42 Å². The zero-order valence-corrected chi connectivity index (χ0v) is 10.0. The van der Waals surface area contributed by atoms with Crippen molar-refractivity contribution in [1.29, 1.82) is 0 Å². The first-order valence-corrected chi connectivity index (χ1v) is 5.33. The fourth-order valence-electron chi connectivity index (χ4n) is 1.47. The third-order valence-electron chi connectivity index (χ3n) is 2.20. The van der Waals surface area contributed by atoms with E-state index in [9.17, 15) is 0 Å². The molecular weight excluding hydrogens is 243 g/mol. The van der Waals surface area contributed by atoms with Gasteiger partial charge >= 0.3 is 0 Å². The maximum atomic E-state index is 5.96. The van der Waals surface area contributed by atoms with Gasteiger partial charge in [0.05, 0.1) is 10.0 Å². The molecular formula is C12H8Cl2N2. The SMILES string of the molecule is C#Cc1nn(C)cc1-c1ccc(Cl)c(Cl)c1. The van der Waals surface area contributed by atoms with Crippen LogP contribution in [0.15, 0.2) is 24.4 Å². The Morgan fingerprint density at radius 2 is 2.06 bits per heavy atom. The van der Waals surface area contributed by atoms with Crippen molar-refractivity contribution in [3.63, 3.8) is 0 Å². The first kappa shape index (κ1) is 11.1. The average Bonchev–Trinajstić information content (AvgIpc) is 2.63. The van der Waals surface area contributed by atoms with E-state index < -0.39 is 0 Å². The number of hydrogen-bond donors (Lipinski definition) is 0. The van der Waals surface area contributed by atoms with E-state index in [1.807, 2.05) is 19.3 Å². The van der Waals surface area contributed by atoms with Crippen LogP contribution >= 0.6 is 23.2 Å². The van der Waals surface area contributed by atoms with Crippen LogP contribution in [-0.4, -0.2) is 9.78 Å². The molecule has 0 amide bonds. The van der Waals surface area contributed by atoms with Gasteiger partial charge in [0, 0.05) is 18.8 Å². The van der Waals surface area contributed by atoms with Crippen LogP contribution in [0.3, 0.4) is 0 Å². The minimum absolute atomic E-state index is 0.506. The van der Waals surface area contributed by atoms with E-state index in [1.54, 1.807) is 16.8 Å². The lowest BCUT2D eigenvalue weighted by Gasteiger charge is -2.00. The van der Waals surface area contributed by atoms with E-state index in [0.717, 1.165) is 11.1 Å². The molecule has 0 N–H and O–H groups in total. The van der Waals surface area contributed by atoms with Crippen LogP contribution in [-0.2, 0) is 7.05 Å². The Kier molecular flexibility index (Phi) is 2.91. The summed E-state index contributed by atoms with van der Waals surface area (Å²) >= 11 is 11.8. The van der Waals surface area contributed by atoms with E-state index in [0.29, 0.717) is 15.7 Å². The minimum atomic E-state index is 0.506. The average molecular weight is 251 g/mol. The molecule has 2 nitrogen and oxygen atoms in total. The van der Waals surface area contributed by atoms with Crippen LogP contribution in [0.4, 0.5) is 0 Å². The van der Waals surface area contributed by atoms with Crippen molar-refractivity contribution in [2.24, 2.45) is 7.05 Å². The second kappa shape index (κ2) is 4.21. The predicted molar refractivity (Wildman–Crippen MR) is 66.6 cm³/mol. The predicted octanol–water partition coefficient (Wildman–Crippen LogP) is 3.38. The van der Waals surface area contributed by atoms with E-state index in [1.165, 1.54) is 0 Å². The Morgan fingerprint density at radius 3 is 2.69 bits per heavy atom. The summed E-state index contributed by atoms with van der Waals surface area (Å²) in [5.41, 5.74) is 2.39. The molecule has 0 saturated heterocycles. The van der Waals surface area contributed by atoms with Gasteiger partial charge in [0.15, 0.2) is 0 Å². The van der Waals surface area contributed by atoms with E-state index >= 15 is 0 Å². The van der Waals surface area contributed by atoms with Crippen molar-refractivity contribution >= 4 is 23.2 Å². The zero-order chi connectivity index (χ0) is 11.7. The molecule has 80 valence electrons. The summed E-state index contributed by atoms with van der Waals surface area (Å²) in [5, 5.41) is 5.19. The third-order valence-corrected chi connectivity index (χ3v) is 2.94. The second-order valence-electron chi connectivity index (χ2n) is 3.34. The molecule has 1 aromatic heterocycles. The highest BCUT2D eigenvalue weighted by atomic mass is 35.5. The number of rotatable bonds is 1. The molecule has 0 aliphatic carbocycles. The molecule has 2 rings (SSSR count). The molecule has 1 aromatic carbocycles. The maximum Gasteiger partial charge on any atom is 0.142 e. The van der Waals surface area contributed by atoms with E-state index in [2.05, 4.69) is 11.0 Å². The van der Waals surface area contributed by atoms with Crippen molar-refractivity contribution in [1.82, 2.24) is 9.78 Å². The van der Waals surface area contributed by atoms with Gasteiger partial charge in [-0.3, -0.25) is 4.68 Å². The molecule has 0 bridgehead atoms. The summed E-state index contributed by atoms with van der Waals surface area (Å²) < 4.78 is 1.67. The molecule has 1 heterocycles. The molecule has 0 aliphatic heterocycles. The molecule has 2 aromatic rings. The molecule has 16 heavy (non-hydrogen) atoms. The number of aryl methyl sites for hydroxylation is 1. The second-order valence-corrected chi connectivity index (χ2v) is 4.15. The summed E-state index contributed by atoms with van der Waals surface area (Å²) in [6, 6.07) is 5.39. The Morgan fingerprint density at radius 1 is 1.31 bits per heavy atom. The van der Waals surface area contributed by atoms with Crippen molar-refractivity contribution in [3.8, 4) is 23.5 Å². The molecule has 0 saturated carbocycles. The summed E-state index contributed by atoms with van der Waals surface area (Å²) in [4.78, 5) is 0. The summed E-state index contributed by atoms with van der Waals surface area (Å²) in [6.07, 6.45) is 7.24. The van der Waals surface area contributed by atoms with Gasteiger partial charge in [-0.05, 0) is 23.6 Å². The molecule has 0 aliphatic rings. The topological polar surface area (TPSA) is 17.8 Å². The van der Waals surface area contributed by atoms with Crippen LogP contribution in [0.25, 0.3) is 11.1 Å². The highest BCUT2D eigenvalue weighted by molar-refractivity contribution is 6.42. The number of aromatic nitrogens is 2. The third kappa shape index (κ3) is 1.92. The van der Waals surface area contributed by atoms with Gasteiger partial charge in [0.25, 0.3) is 0 Å². The minimum Gasteiger partial charge on any atom is -0.274 e. The molecule has 4 heteroatoms. The Bertz CT molecular complexity index is 579. The van der Waals surface area contributed by atoms with E-state index in [4.69, 9.17) is 29.6 Å². The van der Waals surface area contributed by atoms with E-state index in [-0.39, 0.29) is 0 Å². The van der Waals surface area contributed by atoms with Crippen LogP contribution in [0.1, 0.15) is 5.69 Å². The largest absolute Gasteiger partial charge is 0.274 e. The summed E-state index contributed by atoms with van der Waals surface area (Å²) in [5.74, 6) is 2.54. The van der Waals surface area contributed by atoms with Crippen LogP contribution in [0.5, 0.6) is 0 Å². The van der Waals surface area contributed by atoms with Crippen molar-refractivity contribution < 1.29 is 0 Å². The maximum absolute atomic E-state index is 5.96. The van der Waals surface area contributed by atoms with Crippen molar-refractivity contribution in [2.75, 3.05) is 0 Å². The first-order chi connectivity index (χ1) is 7.61. The number of hydrogen-bond acceptors (Lipinski definition) is 1. The molecule has 0 atom stereocenters. The zero-order valence-electron chi connectivity index (χ0n) is 8.54. The number of nitrogens with zero attached hydrogens (tertiary/aromatic N) is 2. The van der Waals surface area contributed by atoms with Gasteiger partial charge < -0.3 is 0 Å². The molecule has 0 fully saturated rings. The highest BCUT2D eigenvalue weighted by Crippen LogP contribution is 2.29. The Labute approximate surface area is 104 Å². The van der Waals surface area contributed by atoms with Gasteiger partial charge in [0.1, 0.15) is 5.69 Å². The lowest BCUT2D eigenvalue weighted by Crippen LogP contribution is -1.86. The highest BCUT2D eigenvalue weighted by Gasteiger charge is 2.09. The molecule has 0 spiro atoms. The fraction of sp³-hybridized carbons (Fsp3) is 0.0833. The van der Waals surface area contributed by atoms with Gasteiger partial charge in [-0.25, -0.2) is 0 Å². The number of benzene rings is 1. The quantitative estimate of drug-likeness (QED) is 0.710. The van der Waals surface area contributed by atoms with Crippen LogP contribution in [0.2, 0.25) is 10.0 Å². The monoisotopic (exact) mass is 250 g/mol. The molecule has 0 radical (unpaired) electrons. The van der Waals surface area contributed by atoms with Crippen LogP contribution < -0.4 is 0 Å². The first-order valence-electron chi connectivity index (χ1n) is 4.57. The number of terminal acetylenes is 1. The summed E-state index contributed by atoms with van der Waals surface area (Å²) in [6.45, 7) is 0. The Balaban J connectivity index is 2.59. The van der Waals surface area contributed by atoms with Crippen molar-refractivity contribution in [2.45, 2.75) is 0 Å². The normalized spacial score (nSPS) is 10.1. The fourth-order valence-corrected chi connectivity index (χ4v) is 1.77. The smallest absolute Gasteiger partial charge is 0.142 e. The van der Waals surface area contributed by atoms with Gasteiger partial charge in [0.2, 0.25) is 0 Å². The Hall–Kier alpha value is -1.43. The van der Waals surface area contributed by atoms with Gasteiger partial charge in [-0.2, -0.15) is 5.10 Å². The standard InChI is InChI=1S/C12H8Cl2N2/c1-3-12-9(7-16(2)15-12)8-4-5-10(13)11(14)6-8/h1,4-7H,2H3. The lowest BCUT2D eigenvalue weighted by molar-refractivity contribution is 0.764. The summed E-state index contributed by atoms with van der Waals surface area (Å²) in [7, 11) is 1.82. The lowest BCUT2D eigenvalue weighted by atomic mass is 10.1.